The molecule has 22 heavy (non-hydrogen) atoms. The lowest BCUT2D eigenvalue weighted by molar-refractivity contribution is -0.121. The van der Waals surface area contributed by atoms with E-state index in [9.17, 15) is 9.18 Å². The highest BCUT2D eigenvalue weighted by Crippen LogP contribution is 2.06. The molecule has 1 amide bonds. The van der Waals surface area contributed by atoms with E-state index < -0.39 is 0 Å². The number of rotatable bonds is 7. The summed E-state index contributed by atoms with van der Waals surface area (Å²) in [4.78, 5) is 11.8. The summed E-state index contributed by atoms with van der Waals surface area (Å²) in [7, 11) is 0. The van der Waals surface area contributed by atoms with Crippen LogP contribution in [-0.4, -0.2) is 12.5 Å². The first-order valence-electron chi connectivity index (χ1n) is 7.42. The quantitative estimate of drug-likeness (QED) is 0.772. The molecule has 2 N–H and O–H groups in total. The van der Waals surface area contributed by atoms with Crippen molar-refractivity contribution in [3.63, 3.8) is 0 Å². The number of aryl methyl sites for hydroxylation is 1. The van der Waals surface area contributed by atoms with E-state index in [-0.39, 0.29) is 11.7 Å². The van der Waals surface area contributed by atoms with E-state index >= 15 is 0 Å². The van der Waals surface area contributed by atoms with Gasteiger partial charge in [-0.1, -0.05) is 42.5 Å². The average molecular weight is 300 g/mol. The second-order valence-electron chi connectivity index (χ2n) is 5.22. The third-order valence-electron chi connectivity index (χ3n) is 3.54. The predicted molar refractivity (Wildman–Crippen MR) is 85.7 cm³/mol. The van der Waals surface area contributed by atoms with Crippen LogP contribution >= 0.6 is 0 Å². The minimum absolute atomic E-state index is 0.00992. The van der Waals surface area contributed by atoms with Crippen molar-refractivity contribution in [3.05, 3.63) is 71.0 Å². The molecule has 0 radical (unpaired) electrons. The fraction of sp³-hybridized carbons (Fsp3) is 0.278. The van der Waals surface area contributed by atoms with Gasteiger partial charge in [0.05, 0.1) is 0 Å². The molecule has 0 atom stereocenters. The third-order valence-corrected chi connectivity index (χ3v) is 3.54. The molecule has 0 saturated heterocycles. The van der Waals surface area contributed by atoms with Gasteiger partial charge >= 0.3 is 0 Å². The normalized spacial score (nSPS) is 10.5. The summed E-state index contributed by atoms with van der Waals surface area (Å²) in [5.74, 6) is -0.233. The highest BCUT2D eigenvalue weighted by Gasteiger charge is 2.04. The van der Waals surface area contributed by atoms with Crippen molar-refractivity contribution >= 4 is 5.91 Å². The molecule has 0 aliphatic heterocycles. The molecule has 116 valence electrons. The molecular weight excluding hydrogens is 279 g/mol. The van der Waals surface area contributed by atoms with Gasteiger partial charge in [-0.25, -0.2) is 4.39 Å². The number of hydrogen-bond acceptors (Lipinski definition) is 2. The van der Waals surface area contributed by atoms with E-state index in [2.05, 4.69) is 10.6 Å². The maximum atomic E-state index is 13.4. The van der Waals surface area contributed by atoms with E-state index in [1.165, 1.54) is 11.6 Å². The summed E-state index contributed by atoms with van der Waals surface area (Å²) in [5, 5.41) is 5.98. The summed E-state index contributed by atoms with van der Waals surface area (Å²) < 4.78 is 13.4. The molecule has 0 saturated carbocycles. The Kier molecular flexibility index (Phi) is 6.10. The van der Waals surface area contributed by atoms with Gasteiger partial charge in [-0.3, -0.25) is 4.79 Å². The number of amides is 1. The number of hydrogen-bond donors (Lipinski definition) is 2. The summed E-state index contributed by atoms with van der Waals surface area (Å²) in [5.41, 5.74) is 2.90. The lowest BCUT2D eigenvalue weighted by Crippen LogP contribution is -2.27. The van der Waals surface area contributed by atoms with E-state index in [0.29, 0.717) is 31.6 Å². The topological polar surface area (TPSA) is 41.1 Å². The maximum Gasteiger partial charge on any atom is 0.221 e. The molecule has 2 aromatic rings. The van der Waals surface area contributed by atoms with Crippen LogP contribution in [0.15, 0.2) is 48.5 Å². The minimum atomic E-state index is -0.223. The molecule has 4 heteroatoms. The summed E-state index contributed by atoms with van der Waals surface area (Å²) in [6, 6.07) is 14.6. The highest BCUT2D eigenvalue weighted by atomic mass is 19.1. The Bertz CT molecular complexity index is 628. The molecule has 0 aliphatic rings. The molecule has 0 spiro atoms. The fourth-order valence-electron chi connectivity index (χ4n) is 2.16. The molecular formula is C18H21FN2O. The van der Waals surface area contributed by atoms with Crippen LogP contribution in [0.25, 0.3) is 0 Å². The van der Waals surface area contributed by atoms with Crippen LogP contribution in [0.5, 0.6) is 0 Å². The summed E-state index contributed by atoms with van der Waals surface area (Å²) in [6.07, 6.45) is 0.375. The lowest BCUT2D eigenvalue weighted by Gasteiger charge is -2.09. The largest absolute Gasteiger partial charge is 0.352 e. The van der Waals surface area contributed by atoms with Crippen LogP contribution in [0.3, 0.4) is 0 Å². The Labute approximate surface area is 130 Å². The highest BCUT2D eigenvalue weighted by molar-refractivity contribution is 5.76. The number of carbonyl (C=O) groups excluding carboxylic acids is 1. The van der Waals surface area contributed by atoms with Crippen molar-refractivity contribution in [1.29, 1.82) is 0 Å². The minimum Gasteiger partial charge on any atom is -0.352 e. The van der Waals surface area contributed by atoms with Crippen LogP contribution in [0.1, 0.15) is 23.1 Å². The Morgan fingerprint density at radius 1 is 1.00 bits per heavy atom. The first-order chi connectivity index (χ1) is 10.7. The zero-order chi connectivity index (χ0) is 15.8. The maximum absolute atomic E-state index is 13.4. The molecule has 0 unspecified atom stereocenters. The van der Waals surface area contributed by atoms with Gasteiger partial charge in [0, 0.05) is 31.6 Å². The average Bonchev–Trinajstić information content (AvgIpc) is 2.52. The van der Waals surface area contributed by atoms with Gasteiger partial charge in [-0.05, 0) is 24.1 Å². The fourth-order valence-corrected chi connectivity index (χ4v) is 2.16. The first kappa shape index (κ1) is 16.2. The zero-order valence-corrected chi connectivity index (χ0v) is 12.7. The van der Waals surface area contributed by atoms with Crippen molar-refractivity contribution in [2.75, 3.05) is 6.54 Å². The Hall–Kier alpha value is -2.20. The summed E-state index contributed by atoms with van der Waals surface area (Å²) >= 11 is 0. The van der Waals surface area contributed by atoms with Gasteiger partial charge in [0.2, 0.25) is 5.91 Å². The molecule has 0 bridgehead atoms. The molecule has 2 rings (SSSR count). The third kappa shape index (κ3) is 4.97. The molecule has 0 heterocycles. The number of nitrogens with one attached hydrogen (secondary N) is 2. The predicted octanol–water partition coefficient (Wildman–Crippen LogP) is 2.93. The van der Waals surface area contributed by atoms with Gasteiger partial charge < -0.3 is 10.6 Å². The molecule has 0 aliphatic carbocycles. The standard InChI is InChI=1S/C18H21FN2O/c1-14-6-2-3-7-15(14)13-21-18(22)10-11-20-12-16-8-4-5-9-17(16)19/h2-9,20H,10-13H2,1H3,(H,21,22). The van der Waals surface area contributed by atoms with Gasteiger partial charge in [-0.2, -0.15) is 0 Å². The SMILES string of the molecule is Cc1ccccc1CNC(=O)CCNCc1ccccc1F. The van der Waals surface area contributed by atoms with Crippen LogP contribution in [0.2, 0.25) is 0 Å². The van der Waals surface area contributed by atoms with Crippen molar-refractivity contribution < 1.29 is 9.18 Å². The zero-order valence-electron chi connectivity index (χ0n) is 12.7. The van der Waals surface area contributed by atoms with E-state index in [0.717, 1.165) is 5.56 Å². The van der Waals surface area contributed by atoms with Crippen molar-refractivity contribution in [2.45, 2.75) is 26.4 Å². The van der Waals surface area contributed by atoms with E-state index in [1.54, 1.807) is 18.2 Å². The smallest absolute Gasteiger partial charge is 0.221 e. The van der Waals surface area contributed by atoms with Crippen LogP contribution in [0.4, 0.5) is 4.39 Å². The van der Waals surface area contributed by atoms with Crippen molar-refractivity contribution in [1.82, 2.24) is 10.6 Å². The van der Waals surface area contributed by atoms with Crippen LogP contribution in [-0.2, 0) is 17.9 Å². The van der Waals surface area contributed by atoms with Crippen LogP contribution in [0, 0.1) is 12.7 Å². The van der Waals surface area contributed by atoms with Gasteiger partial charge in [0.15, 0.2) is 0 Å². The Morgan fingerprint density at radius 2 is 1.68 bits per heavy atom. The molecule has 2 aromatic carbocycles. The number of halogens is 1. The van der Waals surface area contributed by atoms with Crippen molar-refractivity contribution in [3.8, 4) is 0 Å². The first-order valence-corrected chi connectivity index (χ1v) is 7.42. The summed E-state index contributed by atoms with van der Waals surface area (Å²) in [6.45, 7) is 3.52. The van der Waals surface area contributed by atoms with E-state index in [1.807, 2.05) is 31.2 Å². The number of benzene rings is 2. The van der Waals surface area contributed by atoms with Gasteiger partial charge in [0.25, 0.3) is 0 Å². The lowest BCUT2D eigenvalue weighted by atomic mass is 10.1. The number of carbonyl (C=O) groups is 1. The molecule has 0 fully saturated rings. The molecule has 3 nitrogen and oxygen atoms in total. The monoisotopic (exact) mass is 300 g/mol. The van der Waals surface area contributed by atoms with E-state index in [4.69, 9.17) is 0 Å². The Balaban J connectivity index is 1.66. The Morgan fingerprint density at radius 3 is 2.41 bits per heavy atom. The van der Waals surface area contributed by atoms with Gasteiger partial charge in [0.1, 0.15) is 5.82 Å². The second kappa shape index (κ2) is 8.29. The second-order valence-corrected chi connectivity index (χ2v) is 5.22. The van der Waals surface area contributed by atoms with Crippen LogP contribution < -0.4 is 10.6 Å². The van der Waals surface area contributed by atoms with Gasteiger partial charge in [-0.15, -0.1) is 0 Å². The van der Waals surface area contributed by atoms with Crippen molar-refractivity contribution in [2.24, 2.45) is 0 Å². The molecule has 0 aromatic heterocycles.